The van der Waals surface area contributed by atoms with Gasteiger partial charge in [0, 0.05) is 23.5 Å². The van der Waals surface area contributed by atoms with Crippen molar-refractivity contribution in [3.05, 3.63) is 57.9 Å². The molecule has 0 aromatic heterocycles. The van der Waals surface area contributed by atoms with E-state index in [-0.39, 0.29) is 11.5 Å². The van der Waals surface area contributed by atoms with Gasteiger partial charge in [-0.2, -0.15) is 0 Å². The number of halogens is 1. The number of hydrazine groups is 1. The van der Waals surface area contributed by atoms with Crippen LogP contribution in [0.15, 0.2) is 36.4 Å². The van der Waals surface area contributed by atoms with Crippen molar-refractivity contribution in [3.8, 4) is 0 Å². The quantitative estimate of drug-likeness (QED) is 0.453. The molecular formula is C13H13FN4O2. The Bertz CT molecular complexity index is 661. The normalized spacial score (nSPS) is 10.2. The fraction of sp³-hybridized carbons (Fsp3) is 0.0769. The molecule has 0 aliphatic heterocycles. The van der Waals surface area contributed by atoms with Crippen molar-refractivity contribution in [2.75, 3.05) is 10.7 Å². The Morgan fingerprint density at radius 3 is 2.55 bits per heavy atom. The van der Waals surface area contributed by atoms with Gasteiger partial charge in [0.2, 0.25) is 0 Å². The molecule has 0 unspecified atom stereocenters. The van der Waals surface area contributed by atoms with Crippen LogP contribution in [0.5, 0.6) is 0 Å². The maximum Gasteiger partial charge on any atom is 0.273 e. The highest BCUT2D eigenvalue weighted by Gasteiger charge is 2.10. The zero-order valence-corrected chi connectivity index (χ0v) is 10.7. The molecule has 0 fully saturated rings. The van der Waals surface area contributed by atoms with Crippen LogP contribution in [0.25, 0.3) is 0 Å². The number of nitrogens with one attached hydrogen (secondary N) is 2. The summed E-state index contributed by atoms with van der Waals surface area (Å²) in [6.45, 7) is 1.81. The van der Waals surface area contributed by atoms with Crippen LogP contribution in [0.1, 0.15) is 5.56 Å². The van der Waals surface area contributed by atoms with Crippen molar-refractivity contribution in [1.29, 1.82) is 0 Å². The van der Waals surface area contributed by atoms with Gasteiger partial charge in [-0.1, -0.05) is 6.07 Å². The van der Waals surface area contributed by atoms with Crippen LogP contribution in [-0.2, 0) is 0 Å². The SMILES string of the molecule is Cc1ccc(F)cc1Nc1cc(NN)cc([N+](=O)[O-])c1. The van der Waals surface area contributed by atoms with Crippen molar-refractivity contribution in [2.24, 2.45) is 5.84 Å². The zero-order chi connectivity index (χ0) is 14.7. The van der Waals surface area contributed by atoms with Crippen LogP contribution in [-0.4, -0.2) is 4.92 Å². The molecule has 20 heavy (non-hydrogen) atoms. The third-order valence-corrected chi connectivity index (χ3v) is 2.77. The standard InChI is InChI=1S/C13H13FN4O2/c1-8-2-3-9(14)4-13(8)16-10-5-11(17-15)7-12(6-10)18(19)20/h2-7,16-17H,15H2,1H3. The van der Waals surface area contributed by atoms with E-state index in [0.29, 0.717) is 17.1 Å². The monoisotopic (exact) mass is 276 g/mol. The summed E-state index contributed by atoms with van der Waals surface area (Å²) in [5.74, 6) is 4.89. The van der Waals surface area contributed by atoms with Gasteiger partial charge < -0.3 is 10.7 Å². The summed E-state index contributed by atoms with van der Waals surface area (Å²) >= 11 is 0. The van der Waals surface area contributed by atoms with Crippen molar-refractivity contribution >= 4 is 22.7 Å². The molecule has 0 aliphatic carbocycles. The molecule has 6 nitrogen and oxygen atoms in total. The summed E-state index contributed by atoms with van der Waals surface area (Å²) < 4.78 is 13.2. The van der Waals surface area contributed by atoms with Crippen LogP contribution in [0.4, 0.5) is 27.1 Å². The minimum Gasteiger partial charge on any atom is -0.355 e. The lowest BCUT2D eigenvalue weighted by Gasteiger charge is -2.11. The van der Waals surface area contributed by atoms with E-state index in [1.807, 2.05) is 0 Å². The first-order chi connectivity index (χ1) is 9.49. The Kier molecular flexibility index (Phi) is 3.81. The molecule has 0 heterocycles. The van der Waals surface area contributed by atoms with Gasteiger partial charge in [0.1, 0.15) is 5.82 Å². The number of non-ortho nitro benzene ring substituents is 1. The lowest BCUT2D eigenvalue weighted by Crippen LogP contribution is -2.07. The van der Waals surface area contributed by atoms with Crippen molar-refractivity contribution < 1.29 is 9.31 Å². The molecule has 0 bridgehead atoms. The molecule has 0 saturated carbocycles. The first-order valence-corrected chi connectivity index (χ1v) is 5.79. The van der Waals surface area contributed by atoms with Crippen LogP contribution in [0.3, 0.4) is 0 Å². The number of nitrogens with zero attached hydrogens (tertiary/aromatic N) is 1. The van der Waals surface area contributed by atoms with E-state index >= 15 is 0 Å². The first-order valence-electron chi connectivity index (χ1n) is 5.79. The molecule has 2 aromatic rings. The molecule has 2 rings (SSSR count). The molecule has 2 aromatic carbocycles. The van der Waals surface area contributed by atoms with Gasteiger partial charge in [-0.05, 0) is 30.7 Å². The second kappa shape index (κ2) is 5.54. The van der Waals surface area contributed by atoms with E-state index in [4.69, 9.17) is 5.84 Å². The number of nitrogens with two attached hydrogens (primary N) is 1. The molecule has 0 radical (unpaired) electrons. The van der Waals surface area contributed by atoms with Gasteiger partial charge >= 0.3 is 0 Å². The Balaban J connectivity index is 2.39. The molecule has 4 N–H and O–H groups in total. The predicted molar refractivity (Wildman–Crippen MR) is 75.3 cm³/mol. The Hall–Kier alpha value is -2.67. The number of nitrogen functional groups attached to an aromatic ring is 1. The molecular weight excluding hydrogens is 263 g/mol. The molecule has 0 saturated heterocycles. The van der Waals surface area contributed by atoms with Gasteiger partial charge in [-0.3, -0.25) is 16.0 Å². The Morgan fingerprint density at radius 2 is 1.90 bits per heavy atom. The molecule has 0 atom stereocenters. The number of nitro groups is 1. The molecule has 0 spiro atoms. The van der Waals surface area contributed by atoms with E-state index in [1.165, 1.54) is 24.3 Å². The fourth-order valence-corrected chi connectivity index (χ4v) is 1.76. The Morgan fingerprint density at radius 1 is 1.20 bits per heavy atom. The van der Waals surface area contributed by atoms with E-state index in [2.05, 4.69) is 10.7 Å². The highest BCUT2D eigenvalue weighted by molar-refractivity contribution is 5.70. The number of anilines is 3. The zero-order valence-electron chi connectivity index (χ0n) is 10.7. The molecule has 0 amide bonds. The third kappa shape index (κ3) is 3.01. The lowest BCUT2D eigenvalue weighted by molar-refractivity contribution is -0.384. The number of rotatable bonds is 4. The van der Waals surface area contributed by atoms with Crippen LogP contribution in [0.2, 0.25) is 0 Å². The smallest absolute Gasteiger partial charge is 0.273 e. The average molecular weight is 276 g/mol. The average Bonchev–Trinajstić information content (AvgIpc) is 2.42. The number of aryl methyl sites for hydroxylation is 1. The van der Waals surface area contributed by atoms with E-state index in [9.17, 15) is 14.5 Å². The minimum absolute atomic E-state index is 0.114. The van der Waals surface area contributed by atoms with E-state index < -0.39 is 4.92 Å². The van der Waals surface area contributed by atoms with Gasteiger partial charge in [-0.15, -0.1) is 0 Å². The maximum absolute atomic E-state index is 13.2. The molecule has 7 heteroatoms. The number of benzene rings is 2. The number of nitro benzene ring substituents is 1. The summed E-state index contributed by atoms with van der Waals surface area (Å²) in [6.07, 6.45) is 0. The third-order valence-electron chi connectivity index (χ3n) is 2.77. The summed E-state index contributed by atoms with van der Waals surface area (Å²) in [4.78, 5) is 10.3. The summed E-state index contributed by atoms with van der Waals surface area (Å²) in [6, 6.07) is 8.55. The minimum atomic E-state index is -0.523. The predicted octanol–water partition coefficient (Wildman–Crippen LogP) is 3.07. The first kappa shape index (κ1) is 13.8. The van der Waals surface area contributed by atoms with E-state index in [0.717, 1.165) is 5.56 Å². The maximum atomic E-state index is 13.2. The second-order valence-electron chi connectivity index (χ2n) is 4.25. The van der Waals surface area contributed by atoms with Crippen molar-refractivity contribution in [2.45, 2.75) is 6.92 Å². The van der Waals surface area contributed by atoms with Gasteiger partial charge in [-0.25, -0.2) is 4.39 Å². The van der Waals surface area contributed by atoms with Crippen molar-refractivity contribution in [1.82, 2.24) is 0 Å². The second-order valence-corrected chi connectivity index (χ2v) is 4.25. The van der Waals surface area contributed by atoms with E-state index in [1.54, 1.807) is 19.1 Å². The number of hydrogen-bond acceptors (Lipinski definition) is 5. The van der Waals surface area contributed by atoms with Crippen LogP contribution < -0.4 is 16.6 Å². The molecule has 0 aliphatic rings. The van der Waals surface area contributed by atoms with Crippen molar-refractivity contribution in [3.63, 3.8) is 0 Å². The highest BCUT2D eigenvalue weighted by atomic mass is 19.1. The largest absolute Gasteiger partial charge is 0.355 e. The summed E-state index contributed by atoms with van der Waals surface area (Å²) in [5, 5.41) is 13.8. The van der Waals surface area contributed by atoms with Crippen LogP contribution >= 0.6 is 0 Å². The topological polar surface area (TPSA) is 93.2 Å². The summed E-state index contributed by atoms with van der Waals surface area (Å²) in [7, 11) is 0. The van der Waals surface area contributed by atoms with Crippen LogP contribution in [0, 0.1) is 22.9 Å². The lowest BCUT2D eigenvalue weighted by atomic mass is 10.1. The number of hydrogen-bond donors (Lipinski definition) is 3. The van der Waals surface area contributed by atoms with Gasteiger partial charge in [0.25, 0.3) is 5.69 Å². The molecule has 104 valence electrons. The fourth-order valence-electron chi connectivity index (χ4n) is 1.76. The van der Waals surface area contributed by atoms with Gasteiger partial charge in [0.05, 0.1) is 10.6 Å². The Labute approximate surface area is 114 Å². The highest BCUT2D eigenvalue weighted by Crippen LogP contribution is 2.28. The summed E-state index contributed by atoms with van der Waals surface area (Å²) in [5.41, 5.74) is 4.43. The van der Waals surface area contributed by atoms with Gasteiger partial charge in [0.15, 0.2) is 0 Å².